The summed E-state index contributed by atoms with van der Waals surface area (Å²) in [5.41, 5.74) is 0. The van der Waals surface area contributed by atoms with Gasteiger partial charge in [-0.25, -0.2) is 0 Å². The molecule has 0 saturated carbocycles. The molecule has 1 atom stereocenters. The summed E-state index contributed by atoms with van der Waals surface area (Å²) >= 11 is 0. The third-order valence-corrected chi connectivity index (χ3v) is 6.68. The number of hydrogen-bond donors (Lipinski definition) is 1. The molecule has 0 radical (unpaired) electrons. The van der Waals surface area contributed by atoms with Crippen LogP contribution in [0.2, 0.25) is 0 Å². The number of rotatable bonds is 27. The summed E-state index contributed by atoms with van der Waals surface area (Å²) in [6.07, 6.45) is 33.4. The molecule has 4 heteroatoms. The molecule has 0 aliphatic carbocycles. The molecule has 0 spiro atoms. The lowest BCUT2D eigenvalue weighted by molar-refractivity contribution is -0.150. The van der Waals surface area contributed by atoms with E-state index in [9.17, 15) is 9.59 Å². The van der Waals surface area contributed by atoms with Crippen molar-refractivity contribution >= 4 is 11.9 Å². The summed E-state index contributed by atoms with van der Waals surface area (Å²) in [6.45, 7) is 4.46. The van der Waals surface area contributed by atoms with E-state index in [1.807, 2.05) is 0 Å². The zero-order valence-corrected chi connectivity index (χ0v) is 23.8. The minimum Gasteiger partial charge on any atom is -0.481 e. The van der Waals surface area contributed by atoms with Gasteiger partial charge in [0.05, 0.1) is 0 Å². The molecule has 0 rings (SSSR count). The lowest BCUT2D eigenvalue weighted by atomic mass is 10.0. The van der Waals surface area contributed by atoms with Gasteiger partial charge in [-0.2, -0.15) is 0 Å². The summed E-state index contributed by atoms with van der Waals surface area (Å²) < 4.78 is 5.87. The van der Waals surface area contributed by atoms with E-state index in [4.69, 9.17) is 9.84 Å². The molecule has 210 valence electrons. The predicted molar refractivity (Wildman–Crippen MR) is 153 cm³/mol. The van der Waals surface area contributed by atoms with Crippen molar-refractivity contribution in [3.8, 4) is 0 Å². The van der Waals surface area contributed by atoms with Crippen LogP contribution in [0.3, 0.4) is 0 Å². The van der Waals surface area contributed by atoms with E-state index in [2.05, 4.69) is 38.2 Å². The van der Waals surface area contributed by atoms with Gasteiger partial charge < -0.3 is 9.84 Å². The van der Waals surface area contributed by atoms with Crippen LogP contribution >= 0.6 is 0 Å². The van der Waals surface area contributed by atoms with Crippen LogP contribution in [-0.2, 0) is 14.3 Å². The van der Waals surface area contributed by atoms with Crippen molar-refractivity contribution in [2.45, 2.75) is 168 Å². The molecule has 0 aromatic heterocycles. The van der Waals surface area contributed by atoms with Gasteiger partial charge in [-0.1, -0.05) is 109 Å². The second-order valence-electron chi connectivity index (χ2n) is 10.3. The first kappa shape index (κ1) is 34.4. The maximum absolute atomic E-state index is 12.4. The third-order valence-electron chi connectivity index (χ3n) is 6.68. The molecule has 0 bridgehead atoms. The first-order chi connectivity index (χ1) is 17.6. The zero-order chi connectivity index (χ0) is 26.5. The SMILES string of the molecule is CCCCCCC/C=C\C/C=C\CCCC(CCCCCCCC(=O)O)OC(=O)CCCCCCC. The topological polar surface area (TPSA) is 63.6 Å². The van der Waals surface area contributed by atoms with Gasteiger partial charge in [-0.15, -0.1) is 0 Å². The highest BCUT2D eigenvalue weighted by molar-refractivity contribution is 5.69. The molecule has 36 heavy (non-hydrogen) atoms. The summed E-state index contributed by atoms with van der Waals surface area (Å²) in [4.78, 5) is 23.0. The number of aliphatic carboxylic acids is 1. The number of ether oxygens (including phenoxy) is 1. The molecular formula is C32H58O4. The van der Waals surface area contributed by atoms with Gasteiger partial charge in [-0.05, 0) is 64.2 Å². The Hall–Kier alpha value is -1.58. The van der Waals surface area contributed by atoms with Crippen LogP contribution in [0.25, 0.3) is 0 Å². The van der Waals surface area contributed by atoms with Crippen LogP contribution in [0.15, 0.2) is 24.3 Å². The summed E-state index contributed by atoms with van der Waals surface area (Å²) in [6, 6.07) is 0. The fourth-order valence-corrected chi connectivity index (χ4v) is 4.39. The summed E-state index contributed by atoms with van der Waals surface area (Å²) in [5, 5.41) is 8.74. The van der Waals surface area contributed by atoms with Gasteiger partial charge in [-0.3, -0.25) is 9.59 Å². The van der Waals surface area contributed by atoms with Crippen LogP contribution in [0.4, 0.5) is 0 Å². The summed E-state index contributed by atoms with van der Waals surface area (Å²) in [7, 11) is 0. The van der Waals surface area contributed by atoms with E-state index < -0.39 is 5.97 Å². The molecule has 0 aliphatic heterocycles. The normalized spacial score (nSPS) is 12.5. The average Bonchev–Trinajstić information content (AvgIpc) is 2.85. The van der Waals surface area contributed by atoms with Crippen molar-refractivity contribution in [1.29, 1.82) is 0 Å². The number of carbonyl (C=O) groups excluding carboxylic acids is 1. The predicted octanol–water partition coefficient (Wildman–Crippen LogP) is 10.1. The molecule has 4 nitrogen and oxygen atoms in total. The number of carboxylic acids is 1. The van der Waals surface area contributed by atoms with Gasteiger partial charge >= 0.3 is 11.9 Å². The van der Waals surface area contributed by atoms with Crippen molar-refractivity contribution in [1.82, 2.24) is 0 Å². The van der Waals surface area contributed by atoms with Crippen LogP contribution in [0.5, 0.6) is 0 Å². The molecule has 0 aliphatic rings. The standard InChI is InChI=1S/C32H58O4/c1-3-5-7-9-10-11-12-13-14-15-16-19-22-26-30(27-23-20-17-21-24-28-31(33)34)36-32(35)29-25-18-8-6-4-2/h12-13,15-16,30H,3-11,14,17-29H2,1-2H3,(H,33,34)/b13-12-,16-15-. The number of unbranched alkanes of at least 4 members (excludes halogenated alkanes) is 14. The van der Waals surface area contributed by atoms with Crippen molar-refractivity contribution in [2.24, 2.45) is 0 Å². The van der Waals surface area contributed by atoms with Crippen LogP contribution in [-0.4, -0.2) is 23.1 Å². The van der Waals surface area contributed by atoms with Crippen LogP contribution in [0, 0.1) is 0 Å². The number of carboxylic acid groups (broad SMARTS) is 1. The Kier molecular flexibility index (Phi) is 26.8. The van der Waals surface area contributed by atoms with E-state index >= 15 is 0 Å². The van der Waals surface area contributed by atoms with Gasteiger partial charge in [0.1, 0.15) is 6.10 Å². The molecule has 1 N–H and O–H groups in total. The Morgan fingerprint density at radius 2 is 1.11 bits per heavy atom. The minimum absolute atomic E-state index is 0.0214. The van der Waals surface area contributed by atoms with Crippen molar-refractivity contribution in [3.05, 3.63) is 24.3 Å². The van der Waals surface area contributed by atoms with Crippen molar-refractivity contribution < 1.29 is 19.4 Å². The summed E-state index contributed by atoms with van der Waals surface area (Å²) in [5.74, 6) is -0.743. The Bertz CT molecular complexity index is 552. The zero-order valence-electron chi connectivity index (χ0n) is 23.8. The number of allylic oxidation sites excluding steroid dienone is 4. The Labute approximate surface area is 223 Å². The maximum Gasteiger partial charge on any atom is 0.306 e. The molecule has 0 saturated heterocycles. The number of carbonyl (C=O) groups is 2. The van der Waals surface area contributed by atoms with Crippen molar-refractivity contribution in [3.63, 3.8) is 0 Å². The monoisotopic (exact) mass is 506 g/mol. The molecule has 0 heterocycles. The van der Waals surface area contributed by atoms with Crippen LogP contribution < -0.4 is 0 Å². The third kappa shape index (κ3) is 27.0. The lowest BCUT2D eigenvalue weighted by Crippen LogP contribution is -2.18. The van der Waals surface area contributed by atoms with E-state index in [1.54, 1.807) is 0 Å². The highest BCUT2D eigenvalue weighted by Gasteiger charge is 2.14. The van der Waals surface area contributed by atoms with Gasteiger partial charge in [0.15, 0.2) is 0 Å². The van der Waals surface area contributed by atoms with E-state index in [1.165, 1.54) is 57.8 Å². The smallest absolute Gasteiger partial charge is 0.306 e. The molecule has 0 aromatic rings. The fraction of sp³-hybridized carbons (Fsp3) is 0.812. The average molecular weight is 507 g/mol. The molecular weight excluding hydrogens is 448 g/mol. The lowest BCUT2D eigenvalue weighted by Gasteiger charge is -2.18. The molecule has 0 fully saturated rings. The van der Waals surface area contributed by atoms with Crippen molar-refractivity contribution in [2.75, 3.05) is 0 Å². The second kappa shape index (κ2) is 28.0. The number of hydrogen-bond acceptors (Lipinski definition) is 3. The van der Waals surface area contributed by atoms with Gasteiger partial charge in [0.25, 0.3) is 0 Å². The highest BCUT2D eigenvalue weighted by atomic mass is 16.5. The maximum atomic E-state index is 12.4. The fourth-order valence-electron chi connectivity index (χ4n) is 4.39. The first-order valence-electron chi connectivity index (χ1n) is 15.3. The largest absolute Gasteiger partial charge is 0.481 e. The molecule has 0 aromatic carbocycles. The van der Waals surface area contributed by atoms with Gasteiger partial charge in [0, 0.05) is 12.8 Å². The van der Waals surface area contributed by atoms with E-state index in [0.29, 0.717) is 6.42 Å². The Morgan fingerprint density at radius 3 is 1.75 bits per heavy atom. The van der Waals surface area contributed by atoms with E-state index in [-0.39, 0.29) is 18.5 Å². The first-order valence-corrected chi connectivity index (χ1v) is 15.3. The number of esters is 1. The quantitative estimate of drug-likeness (QED) is 0.0683. The Balaban J connectivity index is 4.14. The Morgan fingerprint density at radius 1 is 0.611 bits per heavy atom. The second-order valence-corrected chi connectivity index (χ2v) is 10.3. The van der Waals surface area contributed by atoms with E-state index in [0.717, 1.165) is 77.0 Å². The minimum atomic E-state index is -0.709. The highest BCUT2D eigenvalue weighted by Crippen LogP contribution is 2.17. The molecule has 0 amide bonds. The molecule has 1 unspecified atom stereocenters. The van der Waals surface area contributed by atoms with Crippen LogP contribution in [0.1, 0.15) is 162 Å². The van der Waals surface area contributed by atoms with Gasteiger partial charge in [0.2, 0.25) is 0 Å².